The summed E-state index contributed by atoms with van der Waals surface area (Å²) in [5.41, 5.74) is 0.929. The molecule has 0 unspecified atom stereocenters. The highest BCUT2D eigenvalue weighted by Gasteiger charge is 2.35. The molecule has 0 aliphatic carbocycles. The fourth-order valence-electron chi connectivity index (χ4n) is 4.36. The number of likely N-dealkylation sites (tertiary alicyclic amines) is 1. The van der Waals surface area contributed by atoms with Gasteiger partial charge in [0.05, 0.1) is 11.4 Å². The molecule has 0 aromatic heterocycles. The van der Waals surface area contributed by atoms with Crippen molar-refractivity contribution < 1.29 is 23.1 Å². The first-order valence-electron chi connectivity index (χ1n) is 13.1. The van der Waals surface area contributed by atoms with E-state index in [1.807, 2.05) is 20.8 Å². The van der Waals surface area contributed by atoms with Crippen LogP contribution in [0.15, 0.2) is 29.2 Å². The molecule has 1 aliphatic heterocycles. The maximum absolute atomic E-state index is 13.3. The zero-order valence-corrected chi connectivity index (χ0v) is 22.9. The number of sulfonamides is 1. The molecule has 204 valence electrons. The van der Waals surface area contributed by atoms with E-state index in [0.29, 0.717) is 19.4 Å². The van der Waals surface area contributed by atoms with E-state index in [4.69, 9.17) is 0 Å². The van der Waals surface area contributed by atoms with Crippen molar-refractivity contribution in [3.63, 3.8) is 0 Å². The van der Waals surface area contributed by atoms with Crippen molar-refractivity contribution in [2.75, 3.05) is 45.8 Å². The van der Waals surface area contributed by atoms with Gasteiger partial charge in [-0.2, -0.15) is 4.31 Å². The molecule has 36 heavy (non-hydrogen) atoms. The van der Waals surface area contributed by atoms with Crippen LogP contribution in [0.2, 0.25) is 0 Å². The number of aliphatic carboxylic acids is 1. The van der Waals surface area contributed by atoms with Gasteiger partial charge < -0.3 is 20.6 Å². The molecule has 0 saturated carbocycles. The fourth-order valence-corrected chi connectivity index (χ4v) is 6.14. The lowest BCUT2D eigenvalue weighted by Crippen LogP contribution is -2.46. The molecule has 3 N–H and O–H groups in total. The number of amides is 1. The number of unbranched alkanes of at least 4 members (excludes halogenated alkanes) is 1. The predicted octanol–water partition coefficient (Wildman–Crippen LogP) is 2.46. The largest absolute Gasteiger partial charge is 0.480 e. The van der Waals surface area contributed by atoms with Crippen LogP contribution in [0.3, 0.4) is 0 Å². The first-order chi connectivity index (χ1) is 17.1. The highest BCUT2D eigenvalue weighted by Crippen LogP contribution is 2.23. The number of nitrogens with one attached hydrogen (secondary N) is 2. The standard InChI is InChI=1S/C26H44N4O5S/c1-21(2)20-30(36(34,35)23-12-10-22(3)11-13-23)24(26(32)33)9-5-6-14-28-25(31)19-27-15-18-29-16-7-4-8-17-29/h10-13,21,24,27H,4-9,14-20H2,1-3H3,(H,28,31)(H,32,33)/t24-/m0/s1. The number of nitrogens with zero attached hydrogens (tertiary/aromatic N) is 2. The number of carbonyl (C=O) groups is 2. The van der Waals surface area contributed by atoms with Crippen molar-refractivity contribution in [1.82, 2.24) is 19.8 Å². The van der Waals surface area contributed by atoms with Gasteiger partial charge in [-0.25, -0.2) is 8.42 Å². The molecule has 9 nitrogen and oxygen atoms in total. The smallest absolute Gasteiger partial charge is 0.322 e. The van der Waals surface area contributed by atoms with E-state index in [1.54, 1.807) is 12.1 Å². The number of rotatable bonds is 16. The highest BCUT2D eigenvalue weighted by molar-refractivity contribution is 7.89. The first-order valence-corrected chi connectivity index (χ1v) is 14.6. The average Bonchev–Trinajstić information content (AvgIpc) is 2.83. The summed E-state index contributed by atoms with van der Waals surface area (Å²) in [6.07, 6.45) is 5.03. The molecule has 10 heteroatoms. The monoisotopic (exact) mass is 524 g/mol. The molecule has 1 heterocycles. The summed E-state index contributed by atoms with van der Waals surface area (Å²) in [5.74, 6) is -1.28. The van der Waals surface area contributed by atoms with Gasteiger partial charge in [0.2, 0.25) is 15.9 Å². The van der Waals surface area contributed by atoms with Gasteiger partial charge in [0, 0.05) is 26.2 Å². The Bertz CT molecular complexity index is 915. The molecule has 2 rings (SSSR count). The Hall–Kier alpha value is -2.01. The van der Waals surface area contributed by atoms with Gasteiger partial charge in [0.1, 0.15) is 6.04 Å². The van der Waals surface area contributed by atoms with Gasteiger partial charge in [-0.05, 0) is 70.2 Å². The van der Waals surface area contributed by atoms with Crippen molar-refractivity contribution in [2.45, 2.75) is 70.2 Å². The Labute approximate surface area is 216 Å². The number of aryl methyl sites for hydroxylation is 1. The molecule has 1 aromatic rings. The minimum atomic E-state index is -3.96. The second-order valence-electron chi connectivity index (χ2n) is 10.1. The van der Waals surface area contributed by atoms with Crippen molar-refractivity contribution in [3.05, 3.63) is 29.8 Å². The Morgan fingerprint density at radius 3 is 2.33 bits per heavy atom. The molecule has 1 fully saturated rings. The van der Waals surface area contributed by atoms with E-state index in [9.17, 15) is 23.1 Å². The third-order valence-corrected chi connectivity index (χ3v) is 8.26. The van der Waals surface area contributed by atoms with Crippen molar-refractivity contribution >= 4 is 21.9 Å². The van der Waals surface area contributed by atoms with E-state index < -0.39 is 22.0 Å². The third kappa shape index (κ3) is 10.2. The van der Waals surface area contributed by atoms with E-state index >= 15 is 0 Å². The van der Waals surface area contributed by atoms with Gasteiger partial charge in [-0.1, -0.05) is 38.0 Å². The van der Waals surface area contributed by atoms with Crippen LogP contribution < -0.4 is 10.6 Å². The summed E-state index contributed by atoms with van der Waals surface area (Å²) in [5, 5.41) is 15.9. The number of carboxylic acids is 1. The fraction of sp³-hybridized carbons (Fsp3) is 0.692. The topological polar surface area (TPSA) is 119 Å². The van der Waals surface area contributed by atoms with E-state index in [-0.39, 0.29) is 36.2 Å². The Morgan fingerprint density at radius 1 is 1.06 bits per heavy atom. The zero-order valence-electron chi connectivity index (χ0n) is 22.0. The summed E-state index contributed by atoms with van der Waals surface area (Å²) in [6, 6.07) is 5.30. The number of hydrogen-bond acceptors (Lipinski definition) is 6. The van der Waals surface area contributed by atoms with Crippen molar-refractivity contribution in [2.24, 2.45) is 5.92 Å². The molecule has 1 saturated heterocycles. The zero-order chi connectivity index (χ0) is 26.6. The minimum absolute atomic E-state index is 0.0335. The SMILES string of the molecule is Cc1ccc(S(=O)(=O)N(CC(C)C)[C@@H](CCCCNC(=O)CNCCN2CCCCC2)C(=O)O)cc1. The molecule has 1 atom stereocenters. The van der Waals surface area contributed by atoms with E-state index in [0.717, 1.165) is 36.0 Å². The van der Waals surface area contributed by atoms with Crippen LogP contribution in [0.1, 0.15) is 57.9 Å². The van der Waals surface area contributed by atoms with Crippen LogP contribution in [-0.4, -0.2) is 86.5 Å². The van der Waals surface area contributed by atoms with Gasteiger partial charge >= 0.3 is 5.97 Å². The van der Waals surface area contributed by atoms with Crippen molar-refractivity contribution in [3.8, 4) is 0 Å². The molecular formula is C26H44N4O5S. The molecule has 1 amide bonds. The van der Waals surface area contributed by atoms with Gasteiger partial charge in [-0.15, -0.1) is 0 Å². The molecule has 0 bridgehead atoms. The first kappa shape index (κ1) is 30.2. The normalized spacial score (nSPS) is 15.8. The van der Waals surface area contributed by atoms with Crippen LogP contribution in [0, 0.1) is 12.8 Å². The lowest BCUT2D eigenvalue weighted by Gasteiger charge is -2.29. The maximum atomic E-state index is 13.3. The Balaban J connectivity index is 1.80. The summed E-state index contributed by atoms with van der Waals surface area (Å²) in [4.78, 5) is 26.7. The predicted molar refractivity (Wildman–Crippen MR) is 141 cm³/mol. The summed E-state index contributed by atoms with van der Waals surface area (Å²) >= 11 is 0. The highest BCUT2D eigenvalue weighted by atomic mass is 32.2. The summed E-state index contributed by atoms with van der Waals surface area (Å²) in [6.45, 7) is 10.4. The van der Waals surface area contributed by atoms with Gasteiger partial charge in [0.25, 0.3) is 0 Å². The van der Waals surface area contributed by atoms with Gasteiger partial charge in [0.15, 0.2) is 0 Å². The molecular weight excluding hydrogens is 480 g/mol. The summed E-state index contributed by atoms with van der Waals surface area (Å²) < 4.78 is 27.8. The van der Waals surface area contributed by atoms with Crippen LogP contribution in [0.25, 0.3) is 0 Å². The van der Waals surface area contributed by atoms with Crippen molar-refractivity contribution in [1.29, 1.82) is 0 Å². The number of carboxylic acid groups (broad SMARTS) is 1. The lowest BCUT2D eigenvalue weighted by molar-refractivity contribution is -0.142. The van der Waals surface area contributed by atoms with Crippen LogP contribution in [-0.2, 0) is 19.6 Å². The average molecular weight is 525 g/mol. The third-order valence-electron chi connectivity index (χ3n) is 6.37. The van der Waals surface area contributed by atoms with Crippen LogP contribution >= 0.6 is 0 Å². The summed E-state index contributed by atoms with van der Waals surface area (Å²) in [7, 11) is -3.96. The molecule has 1 aliphatic rings. The second kappa shape index (κ2) is 15.3. The number of hydrogen-bond donors (Lipinski definition) is 3. The molecule has 0 radical (unpaired) electrons. The second-order valence-corrected chi connectivity index (χ2v) is 12.0. The maximum Gasteiger partial charge on any atom is 0.322 e. The lowest BCUT2D eigenvalue weighted by atomic mass is 10.1. The minimum Gasteiger partial charge on any atom is -0.480 e. The Kier molecular flexibility index (Phi) is 12.8. The van der Waals surface area contributed by atoms with Crippen LogP contribution in [0.4, 0.5) is 0 Å². The molecule has 1 aromatic carbocycles. The van der Waals surface area contributed by atoms with Gasteiger partial charge in [-0.3, -0.25) is 9.59 Å². The quantitative estimate of drug-likeness (QED) is 0.284. The van der Waals surface area contributed by atoms with Crippen LogP contribution in [0.5, 0.6) is 0 Å². The van der Waals surface area contributed by atoms with E-state index in [2.05, 4.69) is 15.5 Å². The number of piperidine rings is 1. The molecule has 0 spiro atoms. The number of carbonyl (C=O) groups excluding carboxylic acids is 1. The number of benzene rings is 1. The Morgan fingerprint density at radius 2 is 1.72 bits per heavy atom. The van der Waals surface area contributed by atoms with E-state index in [1.165, 1.54) is 31.4 Å².